The molecule has 0 atom stereocenters. The van der Waals surface area contributed by atoms with Crippen LogP contribution in [0.5, 0.6) is 0 Å². The Labute approximate surface area is 73.6 Å². The number of nitrogens with one attached hydrogen (secondary N) is 1. The van der Waals surface area contributed by atoms with Gasteiger partial charge in [-0.3, -0.25) is 4.99 Å². The van der Waals surface area contributed by atoms with E-state index in [1.165, 1.54) is 0 Å². The first-order chi connectivity index (χ1) is 5.79. The third-order valence-electron chi connectivity index (χ3n) is 1.23. The fraction of sp³-hybridized carbons (Fsp3) is 0.333. The highest BCUT2D eigenvalue weighted by molar-refractivity contribution is 5.56. The van der Waals surface area contributed by atoms with Crippen molar-refractivity contribution in [1.82, 2.24) is 5.32 Å². The zero-order valence-corrected chi connectivity index (χ0v) is 7.83. The molecule has 0 radical (unpaired) electrons. The van der Waals surface area contributed by atoms with E-state index in [-0.39, 0.29) is 0 Å². The van der Waals surface area contributed by atoms with Crippen LogP contribution in [-0.2, 0) is 0 Å². The van der Waals surface area contributed by atoms with E-state index in [1.54, 1.807) is 13.3 Å². The lowest BCUT2D eigenvalue weighted by atomic mass is 10.4. The van der Waals surface area contributed by atoms with Crippen LogP contribution in [-0.4, -0.2) is 20.0 Å². The molecule has 0 rings (SSSR count). The van der Waals surface area contributed by atoms with E-state index >= 15 is 0 Å². The van der Waals surface area contributed by atoms with E-state index in [2.05, 4.69) is 22.0 Å². The smallest absolute Gasteiger partial charge is 0.150 e. The molecular formula is C9H15N3. The van der Waals surface area contributed by atoms with Crippen LogP contribution in [0.4, 0.5) is 0 Å². The van der Waals surface area contributed by atoms with Gasteiger partial charge in [-0.2, -0.15) is 0 Å². The normalized spacial score (nSPS) is 13.6. The van der Waals surface area contributed by atoms with Gasteiger partial charge in [0, 0.05) is 13.3 Å². The average Bonchev–Trinajstić information content (AvgIpc) is 2.07. The molecule has 0 amide bonds. The summed E-state index contributed by atoms with van der Waals surface area (Å²) in [6, 6.07) is 0. The lowest BCUT2D eigenvalue weighted by molar-refractivity contribution is 0.944. The third-order valence-corrected chi connectivity index (χ3v) is 1.23. The summed E-state index contributed by atoms with van der Waals surface area (Å²) < 4.78 is 0. The number of allylic oxidation sites excluding steroid dienone is 2. The van der Waals surface area contributed by atoms with Crippen molar-refractivity contribution in [3.63, 3.8) is 0 Å². The van der Waals surface area contributed by atoms with Crippen LogP contribution < -0.4 is 5.32 Å². The van der Waals surface area contributed by atoms with Crippen LogP contribution in [0.2, 0.25) is 0 Å². The molecule has 0 aliphatic heterocycles. The van der Waals surface area contributed by atoms with Crippen LogP contribution in [0.1, 0.15) is 13.8 Å². The molecule has 66 valence electrons. The topological polar surface area (TPSA) is 36.8 Å². The maximum Gasteiger partial charge on any atom is 0.150 e. The largest absolute Gasteiger partial charge is 0.371 e. The monoisotopic (exact) mass is 165 g/mol. The molecule has 12 heavy (non-hydrogen) atoms. The Morgan fingerprint density at radius 3 is 2.42 bits per heavy atom. The summed E-state index contributed by atoms with van der Waals surface area (Å²) in [5, 5.41) is 2.91. The third kappa shape index (κ3) is 3.14. The summed E-state index contributed by atoms with van der Waals surface area (Å²) in [5.41, 5.74) is 0.789. The molecule has 0 saturated carbocycles. The molecule has 0 bridgehead atoms. The summed E-state index contributed by atoms with van der Waals surface area (Å²) >= 11 is 0. The quantitative estimate of drug-likeness (QED) is 0.500. The van der Waals surface area contributed by atoms with E-state index in [0.29, 0.717) is 5.82 Å². The Morgan fingerprint density at radius 1 is 1.42 bits per heavy atom. The molecule has 3 heteroatoms. The van der Waals surface area contributed by atoms with Gasteiger partial charge in [-0.25, -0.2) is 4.99 Å². The molecule has 0 spiro atoms. The van der Waals surface area contributed by atoms with Gasteiger partial charge < -0.3 is 5.32 Å². The Morgan fingerprint density at radius 2 is 2.08 bits per heavy atom. The van der Waals surface area contributed by atoms with Gasteiger partial charge in [-0.1, -0.05) is 6.08 Å². The number of hydrogen-bond acceptors (Lipinski definition) is 3. The standard InChI is InChI=1S/C9H15N3/c1-5-7-8(12-6-2)9(10-3)11-4/h5-7,11H,3H2,1-2,4H3/b7-5-,9-8-,12-6?. The van der Waals surface area contributed by atoms with E-state index in [1.807, 2.05) is 26.0 Å². The van der Waals surface area contributed by atoms with Crippen molar-refractivity contribution < 1.29 is 0 Å². The summed E-state index contributed by atoms with van der Waals surface area (Å²) in [4.78, 5) is 7.93. The minimum atomic E-state index is 0.686. The molecule has 0 aromatic rings. The van der Waals surface area contributed by atoms with Crippen molar-refractivity contribution in [3.8, 4) is 0 Å². The molecule has 3 nitrogen and oxygen atoms in total. The van der Waals surface area contributed by atoms with Gasteiger partial charge in [0.2, 0.25) is 0 Å². The predicted molar refractivity (Wildman–Crippen MR) is 54.6 cm³/mol. The van der Waals surface area contributed by atoms with Gasteiger partial charge in [-0.05, 0) is 26.6 Å². The van der Waals surface area contributed by atoms with Gasteiger partial charge in [0.1, 0.15) is 5.70 Å². The van der Waals surface area contributed by atoms with Crippen LogP contribution in [0.25, 0.3) is 0 Å². The van der Waals surface area contributed by atoms with Crippen LogP contribution in [0, 0.1) is 0 Å². The van der Waals surface area contributed by atoms with Gasteiger partial charge in [0.15, 0.2) is 5.82 Å². The zero-order valence-electron chi connectivity index (χ0n) is 7.83. The summed E-state index contributed by atoms with van der Waals surface area (Å²) in [6.07, 6.45) is 5.50. The summed E-state index contributed by atoms with van der Waals surface area (Å²) in [7, 11) is 1.79. The number of aliphatic imine (C=N–C) groups is 2. The fourth-order valence-corrected chi connectivity index (χ4v) is 0.768. The predicted octanol–water partition coefficient (Wildman–Crippen LogP) is 1.74. The minimum absolute atomic E-state index is 0.686. The Balaban J connectivity index is 4.87. The second-order valence-electron chi connectivity index (χ2n) is 2.03. The number of hydrogen-bond donors (Lipinski definition) is 1. The van der Waals surface area contributed by atoms with Crippen molar-refractivity contribution in [2.45, 2.75) is 13.8 Å². The first kappa shape index (κ1) is 10.6. The number of rotatable bonds is 4. The van der Waals surface area contributed by atoms with Crippen molar-refractivity contribution in [2.75, 3.05) is 7.05 Å². The molecule has 1 N–H and O–H groups in total. The molecule has 0 aromatic heterocycles. The van der Waals surface area contributed by atoms with Crippen LogP contribution >= 0.6 is 0 Å². The average molecular weight is 165 g/mol. The molecule has 0 saturated heterocycles. The van der Waals surface area contributed by atoms with Gasteiger partial charge in [0.05, 0.1) is 0 Å². The maximum atomic E-state index is 4.13. The lowest BCUT2D eigenvalue weighted by Crippen LogP contribution is -2.05. The first-order valence-electron chi connectivity index (χ1n) is 3.80. The van der Waals surface area contributed by atoms with Gasteiger partial charge in [0.25, 0.3) is 0 Å². The van der Waals surface area contributed by atoms with E-state index in [4.69, 9.17) is 0 Å². The molecular weight excluding hydrogens is 150 g/mol. The maximum absolute atomic E-state index is 4.13. The van der Waals surface area contributed by atoms with Crippen molar-refractivity contribution in [3.05, 3.63) is 23.7 Å². The SMILES string of the molecule is C=N/C(NC)=C(\C=C/C)N=CC. The van der Waals surface area contributed by atoms with Crippen molar-refractivity contribution >= 4 is 12.9 Å². The lowest BCUT2D eigenvalue weighted by Gasteiger charge is -2.01. The molecule has 0 aromatic carbocycles. The second-order valence-corrected chi connectivity index (χ2v) is 2.03. The highest BCUT2D eigenvalue weighted by atomic mass is 15.0. The first-order valence-corrected chi connectivity index (χ1v) is 3.80. The zero-order chi connectivity index (χ0) is 9.40. The Bertz CT molecular complexity index is 210. The highest BCUT2D eigenvalue weighted by Crippen LogP contribution is 2.05. The van der Waals surface area contributed by atoms with Crippen LogP contribution in [0.3, 0.4) is 0 Å². The van der Waals surface area contributed by atoms with Crippen molar-refractivity contribution in [1.29, 1.82) is 0 Å². The summed E-state index contributed by atoms with van der Waals surface area (Å²) in [5.74, 6) is 0.686. The summed E-state index contributed by atoms with van der Waals surface area (Å²) in [6.45, 7) is 7.23. The molecule has 0 heterocycles. The Kier molecular flexibility index (Phi) is 5.61. The van der Waals surface area contributed by atoms with E-state index in [0.717, 1.165) is 5.70 Å². The van der Waals surface area contributed by atoms with Gasteiger partial charge >= 0.3 is 0 Å². The van der Waals surface area contributed by atoms with Gasteiger partial charge in [-0.15, -0.1) is 0 Å². The number of nitrogens with zero attached hydrogens (tertiary/aromatic N) is 2. The molecule has 0 unspecified atom stereocenters. The van der Waals surface area contributed by atoms with Crippen LogP contribution in [0.15, 0.2) is 33.7 Å². The molecule has 0 aliphatic rings. The van der Waals surface area contributed by atoms with E-state index in [9.17, 15) is 0 Å². The van der Waals surface area contributed by atoms with Crippen molar-refractivity contribution in [2.24, 2.45) is 9.98 Å². The fourth-order valence-electron chi connectivity index (χ4n) is 0.768. The highest BCUT2D eigenvalue weighted by Gasteiger charge is 1.95. The second kappa shape index (κ2) is 6.34. The van der Waals surface area contributed by atoms with E-state index < -0.39 is 0 Å². The molecule has 0 aliphatic carbocycles. The Hall–Kier alpha value is -1.38. The minimum Gasteiger partial charge on any atom is -0.371 e. The molecule has 0 fully saturated rings.